The molecule has 0 aliphatic rings. The summed E-state index contributed by atoms with van der Waals surface area (Å²) in [6.07, 6.45) is 0. The number of rotatable bonds is 0. The van der Waals surface area contributed by atoms with Crippen LogP contribution in [-0.4, -0.2) is 7.85 Å². The van der Waals surface area contributed by atoms with Crippen LogP contribution < -0.4 is 5.46 Å². The molecule has 1 aromatic carbocycles. The van der Waals surface area contributed by atoms with E-state index in [2.05, 4.69) is 35.6 Å². The Hall–Kier alpha value is 0.0149. The Morgan fingerprint density at radius 1 is 1.44 bits per heavy atom. The van der Waals surface area contributed by atoms with Crippen molar-refractivity contribution in [3.05, 3.63) is 27.3 Å². The van der Waals surface area contributed by atoms with E-state index in [1.54, 1.807) is 0 Å². The summed E-state index contributed by atoms with van der Waals surface area (Å²) in [6.45, 7) is 2.06. The van der Waals surface area contributed by atoms with Crippen LogP contribution in [0, 0.1) is 10.5 Å². The molecule has 0 atom stereocenters. The molecule has 0 aliphatic heterocycles. The van der Waals surface area contributed by atoms with Gasteiger partial charge in [0.25, 0.3) is 0 Å². The van der Waals surface area contributed by atoms with E-state index in [1.807, 2.05) is 12.1 Å². The minimum Gasteiger partial charge on any atom is -0.0836 e. The number of aryl methyl sites for hydroxylation is 1. The van der Waals surface area contributed by atoms with E-state index in [0.29, 0.717) is 0 Å². The van der Waals surface area contributed by atoms with Crippen LogP contribution >= 0.6 is 22.6 Å². The first-order valence-corrected chi connectivity index (χ1v) is 3.79. The van der Waals surface area contributed by atoms with Gasteiger partial charge in [0.05, 0.1) is 0 Å². The number of hydrogen-bond donors (Lipinski definition) is 0. The first-order chi connectivity index (χ1) is 4.20. The fraction of sp³-hybridized carbons (Fsp3) is 0.143. The second-order valence-electron chi connectivity index (χ2n) is 2.02. The third-order valence-electron chi connectivity index (χ3n) is 1.16. The molecule has 0 unspecified atom stereocenters. The van der Waals surface area contributed by atoms with Crippen molar-refractivity contribution in [2.24, 2.45) is 0 Å². The number of benzene rings is 1. The van der Waals surface area contributed by atoms with Crippen LogP contribution in [0.1, 0.15) is 5.56 Å². The zero-order valence-electron chi connectivity index (χ0n) is 5.19. The maximum atomic E-state index is 5.58. The van der Waals surface area contributed by atoms with Gasteiger partial charge in [0.1, 0.15) is 7.85 Å². The molecule has 2 radical (unpaired) electrons. The van der Waals surface area contributed by atoms with Crippen molar-refractivity contribution in [3.63, 3.8) is 0 Å². The highest BCUT2D eigenvalue weighted by atomic mass is 127. The topological polar surface area (TPSA) is 0 Å². The summed E-state index contributed by atoms with van der Waals surface area (Å²) in [5.74, 6) is 0. The Morgan fingerprint density at radius 3 is 2.56 bits per heavy atom. The van der Waals surface area contributed by atoms with Crippen molar-refractivity contribution in [1.29, 1.82) is 0 Å². The van der Waals surface area contributed by atoms with E-state index in [-0.39, 0.29) is 0 Å². The average Bonchev–Trinajstić information content (AvgIpc) is 1.80. The summed E-state index contributed by atoms with van der Waals surface area (Å²) >= 11 is 2.22. The highest BCUT2D eigenvalue weighted by Gasteiger charge is 1.90. The van der Waals surface area contributed by atoms with Gasteiger partial charge in [0.15, 0.2) is 0 Å². The normalized spacial score (nSPS) is 9.56. The monoisotopic (exact) mass is 228 g/mol. The quantitative estimate of drug-likeness (QED) is 0.464. The molecule has 1 rings (SSSR count). The lowest BCUT2D eigenvalue weighted by Crippen LogP contribution is -2.05. The minimum absolute atomic E-state index is 0.862. The Bertz CT molecular complexity index is 220. The third-order valence-corrected chi connectivity index (χ3v) is 2.09. The van der Waals surface area contributed by atoms with E-state index in [0.717, 1.165) is 9.03 Å². The molecule has 0 N–H and O–H groups in total. The third kappa shape index (κ3) is 1.71. The molecule has 44 valence electrons. The Kier molecular flexibility index (Phi) is 2.16. The maximum Gasteiger partial charge on any atom is 0.115 e. The van der Waals surface area contributed by atoms with Crippen molar-refractivity contribution in [2.45, 2.75) is 6.92 Å². The molecule has 0 fully saturated rings. The molecule has 0 heterocycles. The van der Waals surface area contributed by atoms with Crippen LogP contribution in [0.4, 0.5) is 0 Å². The molecule has 0 aliphatic carbocycles. The fourth-order valence-electron chi connectivity index (χ4n) is 0.632. The summed E-state index contributed by atoms with van der Waals surface area (Å²) in [4.78, 5) is 0. The zero-order valence-corrected chi connectivity index (χ0v) is 7.34. The van der Waals surface area contributed by atoms with Crippen LogP contribution in [0.2, 0.25) is 0 Å². The largest absolute Gasteiger partial charge is 0.115 e. The average molecular weight is 228 g/mol. The fourth-order valence-corrected chi connectivity index (χ4v) is 1.30. The van der Waals surface area contributed by atoms with E-state index in [4.69, 9.17) is 7.85 Å². The summed E-state index contributed by atoms with van der Waals surface area (Å²) in [6, 6.07) is 6.00. The Balaban J connectivity index is 3.17. The Labute approximate surface area is 70.2 Å². The van der Waals surface area contributed by atoms with Gasteiger partial charge in [0.2, 0.25) is 0 Å². The Morgan fingerprint density at radius 2 is 2.11 bits per heavy atom. The molecule has 0 amide bonds. The second-order valence-corrected chi connectivity index (χ2v) is 3.19. The lowest BCUT2D eigenvalue weighted by molar-refractivity contribution is 1.47. The summed E-state index contributed by atoms with van der Waals surface area (Å²) in [5.41, 5.74) is 2.12. The van der Waals surface area contributed by atoms with E-state index in [9.17, 15) is 0 Å². The molecule has 0 aromatic heterocycles. The number of hydrogen-bond acceptors (Lipinski definition) is 0. The van der Waals surface area contributed by atoms with Crippen molar-refractivity contribution >= 4 is 35.9 Å². The van der Waals surface area contributed by atoms with E-state index in [1.165, 1.54) is 5.56 Å². The molecule has 2 heteroatoms. The molecular weight excluding hydrogens is 222 g/mol. The highest BCUT2D eigenvalue weighted by Crippen LogP contribution is 2.02. The van der Waals surface area contributed by atoms with Gasteiger partial charge >= 0.3 is 0 Å². The van der Waals surface area contributed by atoms with Gasteiger partial charge in [0, 0.05) is 3.57 Å². The molecule has 0 bridgehead atoms. The van der Waals surface area contributed by atoms with Gasteiger partial charge in [-0.3, -0.25) is 0 Å². The van der Waals surface area contributed by atoms with E-state index >= 15 is 0 Å². The first kappa shape index (κ1) is 7.13. The van der Waals surface area contributed by atoms with Crippen molar-refractivity contribution < 1.29 is 0 Å². The molecule has 0 spiro atoms. The van der Waals surface area contributed by atoms with Gasteiger partial charge in [-0.1, -0.05) is 23.2 Å². The van der Waals surface area contributed by atoms with Crippen molar-refractivity contribution in [3.8, 4) is 0 Å². The number of halogens is 1. The molecule has 9 heavy (non-hydrogen) atoms. The first-order valence-electron chi connectivity index (χ1n) is 2.72. The second kappa shape index (κ2) is 2.73. The summed E-state index contributed by atoms with van der Waals surface area (Å²) < 4.78 is 1.13. The molecular formula is C7H6BI. The van der Waals surface area contributed by atoms with Gasteiger partial charge in [-0.05, 0) is 35.6 Å². The van der Waals surface area contributed by atoms with Crippen molar-refractivity contribution in [1.82, 2.24) is 0 Å². The van der Waals surface area contributed by atoms with Gasteiger partial charge in [-0.15, -0.1) is 0 Å². The van der Waals surface area contributed by atoms with Crippen LogP contribution in [0.3, 0.4) is 0 Å². The smallest absolute Gasteiger partial charge is 0.0836 e. The molecule has 1 aromatic rings. The predicted octanol–water partition coefficient (Wildman–Crippen LogP) is 1.39. The minimum atomic E-state index is 0.862. The van der Waals surface area contributed by atoms with Crippen LogP contribution in [0.5, 0.6) is 0 Å². The standard InChI is InChI=1S/C7H6BI/c1-5-2-3-6(8)7(9)4-5/h2-4H,1H3. The SMILES string of the molecule is [B]c1ccc(C)cc1I. The van der Waals surface area contributed by atoms with Crippen LogP contribution in [0.15, 0.2) is 18.2 Å². The molecule has 0 saturated heterocycles. The lowest BCUT2D eigenvalue weighted by Gasteiger charge is -1.97. The lowest BCUT2D eigenvalue weighted by atomic mass is 9.96. The van der Waals surface area contributed by atoms with Crippen LogP contribution in [0.25, 0.3) is 0 Å². The van der Waals surface area contributed by atoms with Gasteiger partial charge < -0.3 is 0 Å². The van der Waals surface area contributed by atoms with E-state index < -0.39 is 0 Å². The van der Waals surface area contributed by atoms with Crippen LogP contribution in [-0.2, 0) is 0 Å². The predicted molar refractivity (Wildman–Crippen MR) is 49.3 cm³/mol. The molecule has 0 saturated carbocycles. The van der Waals surface area contributed by atoms with Gasteiger partial charge in [-0.2, -0.15) is 0 Å². The molecule has 0 nitrogen and oxygen atoms in total. The maximum absolute atomic E-state index is 5.58. The van der Waals surface area contributed by atoms with Gasteiger partial charge in [-0.25, -0.2) is 0 Å². The van der Waals surface area contributed by atoms with Crippen molar-refractivity contribution in [2.75, 3.05) is 0 Å². The zero-order chi connectivity index (χ0) is 6.85. The highest BCUT2D eigenvalue weighted by molar-refractivity contribution is 14.1. The summed E-state index contributed by atoms with van der Waals surface area (Å²) in [5, 5.41) is 0. The summed E-state index contributed by atoms with van der Waals surface area (Å²) in [7, 11) is 5.58.